The number of halogens is 1. The molecule has 0 aliphatic carbocycles. The minimum atomic E-state index is -0.200. The first-order chi connectivity index (χ1) is 9.06. The Kier molecular flexibility index (Phi) is 4.94. The van der Waals surface area contributed by atoms with Crippen LogP contribution in [0.25, 0.3) is 0 Å². The van der Waals surface area contributed by atoms with Gasteiger partial charge < -0.3 is 10.6 Å². The molecule has 2 nitrogen and oxygen atoms in total. The number of nitrogens with two attached hydrogens (primary N) is 1. The van der Waals surface area contributed by atoms with Crippen molar-refractivity contribution in [3.63, 3.8) is 0 Å². The molecule has 19 heavy (non-hydrogen) atoms. The topological polar surface area (TPSA) is 29.3 Å². The summed E-state index contributed by atoms with van der Waals surface area (Å²) in [5.74, 6) is 1.44. The maximum atomic E-state index is 12.9. The van der Waals surface area contributed by atoms with E-state index in [1.54, 1.807) is 12.1 Å². The molecular formula is C16H25FN2. The number of nitrogens with zero attached hydrogens (tertiary/aromatic N) is 1. The fourth-order valence-corrected chi connectivity index (χ4v) is 2.90. The van der Waals surface area contributed by atoms with Crippen molar-refractivity contribution in [2.75, 3.05) is 19.6 Å². The molecule has 106 valence electrons. The largest absolute Gasteiger partial charge is 0.323 e. The molecule has 2 rings (SSSR count). The summed E-state index contributed by atoms with van der Waals surface area (Å²) in [5, 5.41) is 0. The first-order valence-corrected chi connectivity index (χ1v) is 7.29. The number of hydrogen-bond donors (Lipinski definition) is 1. The molecule has 0 radical (unpaired) electrons. The van der Waals surface area contributed by atoms with Crippen molar-refractivity contribution >= 4 is 0 Å². The zero-order valence-corrected chi connectivity index (χ0v) is 12.0. The van der Waals surface area contributed by atoms with Crippen LogP contribution in [0.15, 0.2) is 24.3 Å². The van der Waals surface area contributed by atoms with E-state index < -0.39 is 0 Å². The molecule has 1 aliphatic rings. The predicted octanol–water partition coefficient (Wildman–Crippen LogP) is 3.19. The smallest absolute Gasteiger partial charge is 0.123 e. The molecular weight excluding hydrogens is 239 g/mol. The van der Waals surface area contributed by atoms with Crippen molar-refractivity contribution in [2.45, 2.75) is 32.7 Å². The van der Waals surface area contributed by atoms with E-state index in [1.807, 2.05) is 0 Å². The Morgan fingerprint density at radius 2 is 1.79 bits per heavy atom. The standard InChI is InChI=1S/C16H25FN2/c1-12(2)13-7-9-19(10-8-13)11-16(18)14-3-5-15(17)6-4-14/h3-6,12-13,16H,7-11,18H2,1-2H3. The lowest BCUT2D eigenvalue weighted by molar-refractivity contribution is 0.151. The number of likely N-dealkylation sites (tertiary alicyclic amines) is 1. The van der Waals surface area contributed by atoms with Crippen molar-refractivity contribution < 1.29 is 4.39 Å². The van der Waals surface area contributed by atoms with Crippen molar-refractivity contribution in [1.29, 1.82) is 0 Å². The zero-order chi connectivity index (χ0) is 13.8. The summed E-state index contributed by atoms with van der Waals surface area (Å²) in [6.07, 6.45) is 2.54. The maximum Gasteiger partial charge on any atom is 0.123 e. The van der Waals surface area contributed by atoms with Crippen LogP contribution in [0.2, 0.25) is 0 Å². The Morgan fingerprint density at radius 3 is 2.32 bits per heavy atom. The molecule has 3 heteroatoms. The van der Waals surface area contributed by atoms with Crippen LogP contribution in [0, 0.1) is 17.7 Å². The number of hydrogen-bond acceptors (Lipinski definition) is 2. The second-order valence-corrected chi connectivity index (χ2v) is 6.04. The molecule has 0 amide bonds. The van der Waals surface area contributed by atoms with Crippen LogP contribution in [-0.2, 0) is 0 Å². The molecule has 1 aromatic rings. The molecule has 1 fully saturated rings. The van der Waals surface area contributed by atoms with Gasteiger partial charge in [0.25, 0.3) is 0 Å². The van der Waals surface area contributed by atoms with Crippen molar-refractivity contribution in [3.8, 4) is 0 Å². The van der Waals surface area contributed by atoms with E-state index >= 15 is 0 Å². The van der Waals surface area contributed by atoms with Crippen molar-refractivity contribution in [1.82, 2.24) is 4.90 Å². The van der Waals surface area contributed by atoms with Gasteiger partial charge in [0.15, 0.2) is 0 Å². The van der Waals surface area contributed by atoms with Crippen LogP contribution in [-0.4, -0.2) is 24.5 Å². The molecule has 1 aliphatic heterocycles. The lowest BCUT2D eigenvalue weighted by Crippen LogP contribution is -2.39. The predicted molar refractivity (Wildman–Crippen MR) is 77.3 cm³/mol. The fourth-order valence-electron chi connectivity index (χ4n) is 2.90. The summed E-state index contributed by atoms with van der Waals surface area (Å²) in [5.41, 5.74) is 7.23. The zero-order valence-electron chi connectivity index (χ0n) is 12.0. The van der Waals surface area contributed by atoms with Gasteiger partial charge >= 0.3 is 0 Å². The van der Waals surface area contributed by atoms with E-state index in [2.05, 4.69) is 18.7 Å². The quantitative estimate of drug-likeness (QED) is 0.905. The summed E-state index contributed by atoms with van der Waals surface area (Å²) < 4.78 is 12.9. The minimum absolute atomic E-state index is 0.0174. The summed E-state index contributed by atoms with van der Waals surface area (Å²) in [7, 11) is 0. The highest BCUT2D eigenvalue weighted by molar-refractivity contribution is 5.19. The van der Waals surface area contributed by atoms with E-state index in [9.17, 15) is 4.39 Å². The minimum Gasteiger partial charge on any atom is -0.323 e. The fraction of sp³-hybridized carbons (Fsp3) is 0.625. The van der Waals surface area contributed by atoms with E-state index in [4.69, 9.17) is 5.73 Å². The molecule has 1 saturated heterocycles. The molecule has 1 unspecified atom stereocenters. The maximum absolute atomic E-state index is 12.9. The second-order valence-electron chi connectivity index (χ2n) is 6.04. The molecule has 0 bridgehead atoms. The molecule has 0 aromatic heterocycles. The Bertz CT molecular complexity index is 380. The Hall–Kier alpha value is -0.930. The van der Waals surface area contributed by atoms with Crippen LogP contribution in [0.3, 0.4) is 0 Å². The molecule has 1 heterocycles. The Morgan fingerprint density at radius 1 is 1.21 bits per heavy atom. The van der Waals surface area contributed by atoms with Crippen LogP contribution in [0.4, 0.5) is 4.39 Å². The van der Waals surface area contributed by atoms with Crippen LogP contribution in [0.1, 0.15) is 38.3 Å². The van der Waals surface area contributed by atoms with E-state index in [1.165, 1.54) is 25.0 Å². The summed E-state index contributed by atoms with van der Waals surface area (Å²) >= 11 is 0. The normalized spacial score (nSPS) is 19.8. The van der Waals surface area contributed by atoms with Gasteiger partial charge in [-0.3, -0.25) is 0 Å². The number of piperidine rings is 1. The average Bonchev–Trinajstić information content (AvgIpc) is 2.40. The van der Waals surface area contributed by atoms with E-state index in [-0.39, 0.29) is 11.9 Å². The third kappa shape index (κ3) is 4.02. The van der Waals surface area contributed by atoms with Gasteiger partial charge in [-0.1, -0.05) is 26.0 Å². The van der Waals surface area contributed by atoms with Gasteiger partial charge in [-0.2, -0.15) is 0 Å². The lowest BCUT2D eigenvalue weighted by atomic mass is 9.86. The first-order valence-electron chi connectivity index (χ1n) is 7.29. The van der Waals surface area contributed by atoms with Crippen molar-refractivity contribution in [3.05, 3.63) is 35.6 Å². The van der Waals surface area contributed by atoms with Gasteiger partial charge in [0, 0.05) is 12.6 Å². The van der Waals surface area contributed by atoms with E-state index in [0.717, 1.165) is 37.0 Å². The third-order valence-corrected chi connectivity index (χ3v) is 4.33. The highest BCUT2D eigenvalue weighted by Gasteiger charge is 2.22. The SMILES string of the molecule is CC(C)C1CCN(CC(N)c2ccc(F)cc2)CC1. The number of rotatable bonds is 4. The van der Waals surface area contributed by atoms with Gasteiger partial charge in [0.05, 0.1) is 0 Å². The highest BCUT2D eigenvalue weighted by Crippen LogP contribution is 2.25. The molecule has 1 aromatic carbocycles. The lowest BCUT2D eigenvalue weighted by Gasteiger charge is -2.35. The molecule has 2 N–H and O–H groups in total. The van der Waals surface area contributed by atoms with E-state index in [0.29, 0.717) is 0 Å². The highest BCUT2D eigenvalue weighted by atomic mass is 19.1. The van der Waals surface area contributed by atoms with Crippen LogP contribution >= 0.6 is 0 Å². The van der Waals surface area contributed by atoms with Gasteiger partial charge in [-0.15, -0.1) is 0 Å². The summed E-state index contributed by atoms with van der Waals surface area (Å²) in [6.45, 7) is 7.76. The Balaban J connectivity index is 1.83. The number of benzene rings is 1. The van der Waals surface area contributed by atoms with Crippen LogP contribution < -0.4 is 5.73 Å². The third-order valence-electron chi connectivity index (χ3n) is 4.33. The summed E-state index contributed by atoms with van der Waals surface area (Å²) in [6, 6.07) is 6.54. The van der Waals surface area contributed by atoms with Gasteiger partial charge in [-0.05, 0) is 55.5 Å². The van der Waals surface area contributed by atoms with Gasteiger partial charge in [0.1, 0.15) is 5.82 Å². The molecule has 0 saturated carbocycles. The first kappa shape index (κ1) is 14.5. The van der Waals surface area contributed by atoms with Crippen molar-refractivity contribution in [2.24, 2.45) is 17.6 Å². The molecule has 0 spiro atoms. The monoisotopic (exact) mass is 264 g/mol. The van der Waals surface area contributed by atoms with Gasteiger partial charge in [-0.25, -0.2) is 4.39 Å². The average molecular weight is 264 g/mol. The second kappa shape index (κ2) is 6.49. The van der Waals surface area contributed by atoms with Crippen LogP contribution in [0.5, 0.6) is 0 Å². The summed E-state index contributed by atoms with van der Waals surface area (Å²) in [4.78, 5) is 2.44. The van der Waals surface area contributed by atoms with Gasteiger partial charge in [0.2, 0.25) is 0 Å². The molecule has 1 atom stereocenters. The Labute approximate surface area is 115 Å².